The molecule has 24 heavy (non-hydrogen) atoms. The van der Waals surface area contributed by atoms with Crippen molar-refractivity contribution in [1.29, 1.82) is 0 Å². The minimum Gasteiger partial charge on any atom is -0.492 e. The van der Waals surface area contributed by atoms with Crippen molar-refractivity contribution < 1.29 is 23.8 Å². The Hall–Kier alpha value is -2.64. The number of benzene rings is 1. The highest BCUT2D eigenvalue weighted by molar-refractivity contribution is 5.88. The lowest BCUT2D eigenvalue weighted by atomic mass is 10.1. The molecule has 8 heteroatoms. The zero-order valence-corrected chi connectivity index (χ0v) is 13.5. The van der Waals surface area contributed by atoms with Crippen LogP contribution in [-0.4, -0.2) is 55.9 Å². The van der Waals surface area contributed by atoms with Gasteiger partial charge in [0.25, 0.3) is 0 Å². The van der Waals surface area contributed by atoms with E-state index in [2.05, 4.69) is 10.6 Å². The largest absolute Gasteiger partial charge is 0.492 e. The highest BCUT2D eigenvalue weighted by atomic mass is 16.7. The van der Waals surface area contributed by atoms with E-state index in [1.54, 1.807) is 23.1 Å². The van der Waals surface area contributed by atoms with E-state index in [9.17, 15) is 9.59 Å². The molecule has 1 saturated heterocycles. The number of amides is 3. The predicted octanol–water partition coefficient (Wildman–Crippen LogP) is 0.714. The first kappa shape index (κ1) is 16.2. The summed E-state index contributed by atoms with van der Waals surface area (Å²) >= 11 is 0. The van der Waals surface area contributed by atoms with E-state index >= 15 is 0 Å². The molecule has 0 aromatic heterocycles. The Balaban J connectivity index is 1.44. The van der Waals surface area contributed by atoms with Gasteiger partial charge >= 0.3 is 6.03 Å². The van der Waals surface area contributed by atoms with E-state index in [4.69, 9.17) is 14.2 Å². The third-order valence-electron chi connectivity index (χ3n) is 3.97. The number of nitrogens with zero attached hydrogens (tertiary/aromatic N) is 1. The molecule has 2 heterocycles. The van der Waals surface area contributed by atoms with Crippen molar-refractivity contribution in [2.24, 2.45) is 0 Å². The molecule has 1 aromatic rings. The van der Waals surface area contributed by atoms with Gasteiger partial charge in [-0.25, -0.2) is 4.79 Å². The summed E-state index contributed by atoms with van der Waals surface area (Å²) in [7, 11) is 0. The van der Waals surface area contributed by atoms with Crippen molar-refractivity contribution in [3.8, 4) is 17.2 Å². The molecule has 0 bridgehead atoms. The van der Waals surface area contributed by atoms with Crippen LogP contribution < -0.4 is 24.8 Å². The van der Waals surface area contributed by atoms with Crippen LogP contribution in [0.1, 0.15) is 13.3 Å². The maximum atomic E-state index is 12.2. The van der Waals surface area contributed by atoms with Crippen LogP contribution in [0.25, 0.3) is 0 Å². The fraction of sp³-hybridized carbons (Fsp3) is 0.500. The average Bonchev–Trinajstić information content (AvgIpc) is 3.06. The Morgan fingerprint density at radius 2 is 2.25 bits per heavy atom. The lowest BCUT2D eigenvalue weighted by molar-refractivity contribution is -0.127. The first-order valence-electron chi connectivity index (χ1n) is 8.03. The van der Waals surface area contributed by atoms with Crippen LogP contribution in [0.2, 0.25) is 0 Å². The maximum absolute atomic E-state index is 12.2. The molecule has 8 nitrogen and oxygen atoms in total. The number of piperazine rings is 1. The molecule has 2 aliphatic heterocycles. The second-order valence-electron chi connectivity index (χ2n) is 5.50. The molecule has 0 saturated carbocycles. The summed E-state index contributed by atoms with van der Waals surface area (Å²) in [5, 5.41) is 5.56. The van der Waals surface area contributed by atoms with Gasteiger partial charge in [-0.3, -0.25) is 4.79 Å². The Bertz CT molecular complexity index is 622. The SMILES string of the molecule is CC[C@H]1C(=O)NCCN1C(=O)NCCOc1ccc2c(c1)OCO2. The fourth-order valence-electron chi connectivity index (χ4n) is 2.76. The quantitative estimate of drug-likeness (QED) is 0.774. The van der Waals surface area contributed by atoms with E-state index in [0.717, 1.165) is 0 Å². The molecule has 0 unspecified atom stereocenters. The third-order valence-corrected chi connectivity index (χ3v) is 3.97. The topological polar surface area (TPSA) is 89.1 Å². The van der Waals surface area contributed by atoms with Crippen molar-refractivity contribution in [3.63, 3.8) is 0 Å². The predicted molar refractivity (Wildman–Crippen MR) is 85.3 cm³/mol. The second kappa shape index (κ2) is 7.29. The molecule has 3 rings (SSSR count). The minimum atomic E-state index is -0.409. The number of carbonyl (C=O) groups excluding carboxylic acids is 2. The highest BCUT2D eigenvalue weighted by Crippen LogP contribution is 2.34. The maximum Gasteiger partial charge on any atom is 0.318 e. The molecule has 130 valence electrons. The zero-order chi connectivity index (χ0) is 16.9. The lowest BCUT2D eigenvalue weighted by Gasteiger charge is -2.34. The molecule has 3 amide bonds. The van der Waals surface area contributed by atoms with Crippen LogP contribution in [0.15, 0.2) is 18.2 Å². The first-order chi connectivity index (χ1) is 11.7. The average molecular weight is 335 g/mol. The molecule has 1 atom stereocenters. The number of rotatable bonds is 5. The normalized spacial score (nSPS) is 19.0. The van der Waals surface area contributed by atoms with Crippen molar-refractivity contribution in [1.82, 2.24) is 15.5 Å². The van der Waals surface area contributed by atoms with Gasteiger partial charge in [0.05, 0.1) is 6.54 Å². The summed E-state index contributed by atoms with van der Waals surface area (Å²) in [6.07, 6.45) is 0.590. The van der Waals surface area contributed by atoms with E-state index < -0.39 is 6.04 Å². The third kappa shape index (κ3) is 3.47. The summed E-state index contributed by atoms with van der Waals surface area (Å²) in [5.41, 5.74) is 0. The van der Waals surface area contributed by atoms with Crippen LogP contribution in [0.5, 0.6) is 17.2 Å². The van der Waals surface area contributed by atoms with Gasteiger partial charge in [0.15, 0.2) is 11.5 Å². The first-order valence-corrected chi connectivity index (χ1v) is 8.03. The zero-order valence-electron chi connectivity index (χ0n) is 13.5. The Morgan fingerprint density at radius 1 is 1.42 bits per heavy atom. The summed E-state index contributed by atoms with van der Waals surface area (Å²) in [6, 6.07) is 4.68. The summed E-state index contributed by atoms with van der Waals surface area (Å²) < 4.78 is 16.1. The molecule has 0 aliphatic carbocycles. The van der Waals surface area contributed by atoms with Crippen LogP contribution >= 0.6 is 0 Å². The van der Waals surface area contributed by atoms with Gasteiger partial charge in [-0.1, -0.05) is 6.92 Å². The molecular formula is C16H21N3O5. The number of fused-ring (bicyclic) bond motifs is 1. The number of nitrogens with one attached hydrogen (secondary N) is 2. The van der Waals surface area contributed by atoms with Gasteiger partial charge in [0, 0.05) is 19.2 Å². The van der Waals surface area contributed by atoms with Gasteiger partial charge < -0.3 is 29.7 Å². The van der Waals surface area contributed by atoms with E-state index in [0.29, 0.717) is 49.9 Å². The van der Waals surface area contributed by atoms with Crippen LogP contribution in [0.3, 0.4) is 0 Å². The summed E-state index contributed by atoms with van der Waals surface area (Å²) in [4.78, 5) is 25.6. The van der Waals surface area contributed by atoms with Crippen LogP contribution in [-0.2, 0) is 4.79 Å². The molecule has 2 N–H and O–H groups in total. The summed E-state index contributed by atoms with van der Waals surface area (Å²) in [6.45, 7) is 3.77. The van der Waals surface area contributed by atoms with Crippen molar-refractivity contribution in [2.75, 3.05) is 33.0 Å². The molecular weight excluding hydrogens is 314 g/mol. The Labute approximate surface area is 140 Å². The number of carbonyl (C=O) groups is 2. The van der Waals surface area contributed by atoms with Crippen molar-refractivity contribution in [2.45, 2.75) is 19.4 Å². The van der Waals surface area contributed by atoms with Gasteiger partial charge in [-0.05, 0) is 18.6 Å². The number of ether oxygens (including phenoxy) is 3. The van der Waals surface area contributed by atoms with Crippen LogP contribution in [0.4, 0.5) is 4.79 Å². The minimum absolute atomic E-state index is 0.101. The lowest BCUT2D eigenvalue weighted by Crippen LogP contribution is -2.59. The smallest absolute Gasteiger partial charge is 0.318 e. The molecule has 1 fully saturated rings. The van der Waals surface area contributed by atoms with Crippen LogP contribution in [0, 0.1) is 0 Å². The highest BCUT2D eigenvalue weighted by Gasteiger charge is 2.31. The van der Waals surface area contributed by atoms with Gasteiger partial charge in [-0.2, -0.15) is 0 Å². The van der Waals surface area contributed by atoms with E-state index in [-0.39, 0.29) is 18.7 Å². The Kier molecular flexibility index (Phi) is 4.93. The monoisotopic (exact) mass is 335 g/mol. The molecule has 0 spiro atoms. The molecule has 2 aliphatic rings. The van der Waals surface area contributed by atoms with Gasteiger partial charge in [0.1, 0.15) is 18.4 Å². The summed E-state index contributed by atoms with van der Waals surface area (Å²) in [5.74, 6) is 1.90. The van der Waals surface area contributed by atoms with E-state index in [1.807, 2.05) is 6.92 Å². The Morgan fingerprint density at radius 3 is 3.08 bits per heavy atom. The number of hydrogen-bond donors (Lipinski definition) is 2. The standard InChI is InChI=1S/C16H21N3O5/c1-2-12-15(20)17-5-7-19(12)16(21)18-6-8-22-11-3-4-13-14(9-11)24-10-23-13/h3-4,9,12H,2,5-8,10H2,1H3,(H,17,20)(H,18,21)/t12-/m0/s1. The van der Waals surface area contributed by atoms with Gasteiger partial charge in [0.2, 0.25) is 12.7 Å². The number of hydrogen-bond acceptors (Lipinski definition) is 5. The van der Waals surface area contributed by atoms with E-state index in [1.165, 1.54) is 0 Å². The fourth-order valence-corrected chi connectivity index (χ4v) is 2.76. The molecule has 1 aromatic carbocycles. The van der Waals surface area contributed by atoms with Gasteiger partial charge in [-0.15, -0.1) is 0 Å². The molecule has 0 radical (unpaired) electrons. The van der Waals surface area contributed by atoms with Crippen molar-refractivity contribution in [3.05, 3.63) is 18.2 Å². The number of urea groups is 1. The second-order valence-corrected chi connectivity index (χ2v) is 5.50. The van der Waals surface area contributed by atoms with Crippen molar-refractivity contribution >= 4 is 11.9 Å².